The van der Waals surface area contributed by atoms with Crippen molar-refractivity contribution in [3.63, 3.8) is 0 Å². The summed E-state index contributed by atoms with van der Waals surface area (Å²) in [5, 5.41) is 10.7. The Bertz CT molecular complexity index is 1090. The van der Waals surface area contributed by atoms with Crippen LogP contribution in [-0.4, -0.2) is 0 Å². The number of benzene rings is 4. The van der Waals surface area contributed by atoms with E-state index in [1.165, 1.54) is 42.8 Å². The van der Waals surface area contributed by atoms with Crippen LogP contribution in [0.3, 0.4) is 0 Å². The van der Waals surface area contributed by atoms with Crippen molar-refractivity contribution in [2.24, 2.45) is 0 Å². The minimum Gasteiger partial charge on any atom is -0.102 e. The van der Waals surface area contributed by atoms with Crippen molar-refractivity contribution in [3.8, 4) is 0 Å². The lowest BCUT2D eigenvalue weighted by Gasteiger charge is -2.08. The molecule has 19 heavy (non-hydrogen) atoms. The first-order valence-corrected chi connectivity index (χ1v) is 6.57. The highest BCUT2D eigenvalue weighted by Crippen LogP contribution is 2.32. The molecule has 0 aliphatic heterocycles. The summed E-state index contributed by atoms with van der Waals surface area (Å²) in [6.07, 6.45) is 0. The number of hydrogen-bond donors (Lipinski definition) is 0. The molecule has 5 rings (SSSR count). The van der Waals surface area contributed by atoms with Gasteiger partial charge in [0.15, 0.2) is 0 Å². The summed E-state index contributed by atoms with van der Waals surface area (Å²) in [6, 6.07) is 21.8. The SMILES string of the molecule is C1=c2ccc3c4ccccc4c4ccccc4c3c2=1. The molecule has 4 aromatic carbocycles. The van der Waals surface area contributed by atoms with Crippen LogP contribution in [-0.2, 0) is 0 Å². The molecule has 0 atom stereocenters. The minimum absolute atomic E-state index is 1.27. The van der Waals surface area contributed by atoms with E-state index in [1.807, 2.05) is 0 Å². The molecule has 4 aromatic rings. The summed E-state index contributed by atoms with van der Waals surface area (Å²) >= 11 is 0. The smallest absolute Gasteiger partial charge is 0.0406 e. The van der Waals surface area contributed by atoms with Gasteiger partial charge in [0.25, 0.3) is 0 Å². The maximum atomic E-state index is 3.39. The highest BCUT2D eigenvalue weighted by Gasteiger charge is 2.11. The molecule has 0 aromatic heterocycles. The van der Waals surface area contributed by atoms with Crippen LogP contribution in [0.4, 0.5) is 0 Å². The number of rotatable bonds is 0. The molecular weight excluding hydrogens is 228 g/mol. The molecule has 0 saturated carbocycles. The van der Waals surface area contributed by atoms with Gasteiger partial charge in [0.1, 0.15) is 0 Å². The second-order valence-corrected chi connectivity index (χ2v) is 5.13. The number of hydrogen-bond acceptors (Lipinski definition) is 0. The molecule has 0 bridgehead atoms. The quantitative estimate of drug-likeness (QED) is 0.363. The molecule has 0 heteroatoms. The third kappa shape index (κ3) is 1.10. The van der Waals surface area contributed by atoms with Gasteiger partial charge in [-0.3, -0.25) is 0 Å². The summed E-state index contributed by atoms with van der Waals surface area (Å²) in [4.78, 5) is 0. The van der Waals surface area contributed by atoms with Crippen molar-refractivity contribution in [1.82, 2.24) is 0 Å². The first-order chi connectivity index (χ1) is 9.43. The Morgan fingerprint density at radius 1 is 0.526 bits per heavy atom. The van der Waals surface area contributed by atoms with E-state index in [0.717, 1.165) is 0 Å². The van der Waals surface area contributed by atoms with E-state index >= 15 is 0 Å². The van der Waals surface area contributed by atoms with E-state index in [0.29, 0.717) is 0 Å². The van der Waals surface area contributed by atoms with Crippen LogP contribution in [0.25, 0.3) is 38.0 Å². The molecule has 86 valence electrons. The Labute approximate surface area is 109 Å². The largest absolute Gasteiger partial charge is 0.102 e. The van der Waals surface area contributed by atoms with Crippen LogP contribution < -0.4 is 10.4 Å². The monoisotopic (exact) mass is 238 g/mol. The van der Waals surface area contributed by atoms with E-state index in [1.54, 1.807) is 0 Å². The average Bonchev–Trinajstić information content (AvgIpc) is 3.26. The van der Waals surface area contributed by atoms with Crippen molar-refractivity contribution >= 4 is 38.0 Å². The van der Waals surface area contributed by atoms with E-state index in [-0.39, 0.29) is 0 Å². The van der Waals surface area contributed by atoms with Gasteiger partial charge in [-0.15, -0.1) is 5.73 Å². The van der Waals surface area contributed by atoms with Crippen molar-refractivity contribution in [2.45, 2.75) is 0 Å². The van der Waals surface area contributed by atoms with Crippen LogP contribution >= 0.6 is 0 Å². The topological polar surface area (TPSA) is 0 Å². The lowest BCUT2D eigenvalue weighted by molar-refractivity contribution is 1.72. The van der Waals surface area contributed by atoms with E-state index in [9.17, 15) is 0 Å². The van der Waals surface area contributed by atoms with E-state index < -0.39 is 0 Å². The molecule has 0 nitrogen and oxygen atoms in total. The molecule has 0 heterocycles. The predicted octanol–water partition coefficient (Wildman–Crippen LogP) is 3.21. The Hall–Kier alpha value is -2.56. The fourth-order valence-electron chi connectivity index (χ4n) is 3.20. The third-order valence-corrected chi connectivity index (χ3v) is 4.11. The molecule has 0 fully saturated rings. The zero-order valence-electron chi connectivity index (χ0n) is 10.3. The van der Waals surface area contributed by atoms with Crippen LogP contribution in [0.5, 0.6) is 0 Å². The fourth-order valence-corrected chi connectivity index (χ4v) is 3.20. The van der Waals surface area contributed by atoms with Crippen molar-refractivity contribution in [2.75, 3.05) is 0 Å². The zero-order chi connectivity index (χ0) is 12.4. The highest BCUT2D eigenvalue weighted by atomic mass is 14.1. The minimum atomic E-state index is 1.27. The summed E-state index contributed by atoms with van der Waals surface area (Å²) in [5.74, 6) is 0. The molecule has 0 spiro atoms. The van der Waals surface area contributed by atoms with Gasteiger partial charge >= 0.3 is 0 Å². The van der Waals surface area contributed by atoms with Gasteiger partial charge in [0, 0.05) is 15.8 Å². The zero-order valence-corrected chi connectivity index (χ0v) is 10.3. The highest BCUT2D eigenvalue weighted by molar-refractivity contribution is 6.25. The van der Waals surface area contributed by atoms with E-state index in [4.69, 9.17) is 0 Å². The molecular formula is C19H10. The van der Waals surface area contributed by atoms with E-state index in [2.05, 4.69) is 66.4 Å². The van der Waals surface area contributed by atoms with Gasteiger partial charge in [-0.25, -0.2) is 0 Å². The van der Waals surface area contributed by atoms with Gasteiger partial charge in [0.05, 0.1) is 0 Å². The summed E-state index contributed by atoms with van der Waals surface area (Å²) < 4.78 is 0. The molecule has 0 amide bonds. The first kappa shape index (κ1) is 9.38. The fraction of sp³-hybridized carbons (Fsp3) is 0. The predicted molar refractivity (Wildman–Crippen MR) is 80.7 cm³/mol. The Kier molecular flexibility index (Phi) is 1.51. The molecule has 1 aliphatic rings. The number of fused-ring (bicyclic) bond motifs is 8. The van der Waals surface area contributed by atoms with Gasteiger partial charge in [-0.2, -0.15) is 0 Å². The Morgan fingerprint density at radius 2 is 1.05 bits per heavy atom. The molecule has 1 aliphatic carbocycles. The molecule has 0 unspecified atom stereocenters. The van der Waals surface area contributed by atoms with Crippen LogP contribution in [0, 0.1) is 0 Å². The second-order valence-electron chi connectivity index (χ2n) is 5.13. The van der Waals surface area contributed by atoms with Gasteiger partial charge in [-0.05, 0) is 33.0 Å². The summed E-state index contributed by atoms with van der Waals surface area (Å²) in [7, 11) is 0. The molecule has 0 radical (unpaired) electrons. The van der Waals surface area contributed by atoms with Crippen LogP contribution in [0.2, 0.25) is 0 Å². The normalized spacial score (nSPS) is 12.2. The second kappa shape index (κ2) is 3.06. The first-order valence-electron chi connectivity index (χ1n) is 6.57. The summed E-state index contributed by atoms with van der Waals surface area (Å²) in [6.45, 7) is 0. The Balaban J connectivity index is 2.28. The summed E-state index contributed by atoms with van der Waals surface area (Å²) in [5.41, 5.74) is 3.39. The van der Waals surface area contributed by atoms with Gasteiger partial charge < -0.3 is 0 Å². The maximum Gasteiger partial charge on any atom is 0.0406 e. The van der Waals surface area contributed by atoms with Crippen molar-refractivity contribution in [3.05, 3.63) is 71.1 Å². The third-order valence-electron chi connectivity index (χ3n) is 4.11. The maximum absolute atomic E-state index is 3.39. The van der Waals surface area contributed by atoms with Crippen LogP contribution in [0.15, 0.2) is 60.7 Å². The lowest BCUT2D eigenvalue weighted by Crippen LogP contribution is -2.08. The Morgan fingerprint density at radius 3 is 1.74 bits per heavy atom. The molecule has 0 saturated heterocycles. The average molecular weight is 238 g/mol. The van der Waals surface area contributed by atoms with Crippen LogP contribution in [0.1, 0.15) is 0 Å². The standard InChI is InChI=1S/C19H10/c1-2-7-15-13(5-1)14-6-3-4-8-16(14)19-17(15)10-9-12-11-18(12)19/h1-10H. The van der Waals surface area contributed by atoms with Crippen molar-refractivity contribution in [1.29, 1.82) is 0 Å². The van der Waals surface area contributed by atoms with Gasteiger partial charge in [0.2, 0.25) is 0 Å². The lowest BCUT2D eigenvalue weighted by atomic mass is 9.94. The van der Waals surface area contributed by atoms with Gasteiger partial charge in [-0.1, -0.05) is 54.6 Å². The molecule has 0 N–H and O–H groups in total. The van der Waals surface area contributed by atoms with Crippen molar-refractivity contribution < 1.29 is 0 Å².